The quantitative estimate of drug-likeness (QED) is 0.524. The van der Waals surface area contributed by atoms with Crippen LogP contribution >= 0.6 is 0 Å². The first-order chi connectivity index (χ1) is 6.50. The van der Waals surface area contributed by atoms with Crippen molar-refractivity contribution in [3.05, 3.63) is 0 Å². The van der Waals surface area contributed by atoms with Crippen molar-refractivity contribution in [3.63, 3.8) is 0 Å². The monoisotopic (exact) mass is 200 g/mol. The number of nitrogens with one attached hydrogen (secondary N) is 1. The molecule has 2 unspecified atom stereocenters. The fraction of sp³-hybridized carbons (Fsp3) is 1.00. The molecule has 0 aromatic carbocycles. The van der Waals surface area contributed by atoms with Gasteiger partial charge in [-0.15, -0.1) is 0 Å². The number of rotatable bonds is 5. The van der Waals surface area contributed by atoms with E-state index in [0.29, 0.717) is 6.04 Å². The van der Waals surface area contributed by atoms with E-state index in [1.54, 1.807) is 0 Å². The molecule has 14 heavy (non-hydrogen) atoms. The van der Waals surface area contributed by atoms with Crippen molar-refractivity contribution in [1.82, 2.24) is 5.43 Å². The Morgan fingerprint density at radius 3 is 2.29 bits per heavy atom. The predicted octanol–water partition coefficient (Wildman–Crippen LogP) is 1.68. The number of hydrazine groups is 1. The lowest BCUT2D eigenvalue weighted by Crippen LogP contribution is -2.52. The second-order valence-corrected chi connectivity index (χ2v) is 5.27. The molecule has 0 heterocycles. The summed E-state index contributed by atoms with van der Waals surface area (Å²) in [5.41, 5.74) is 3.08. The SMILES string of the molecule is CCOC(C(NN)C1CC1)C(C)(C)C. The van der Waals surface area contributed by atoms with Gasteiger partial charge in [0.25, 0.3) is 0 Å². The minimum Gasteiger partial charge on any atom is -0.376 e. The molecule has 0 aromatic heterocycles. The Bertz CT molecular complexity index is 173. The maximum atomic E-state index is 5.82. The maximum absolute atomic E-state index is 5.82. The number of nitrogens with two attached hydrogens (primary N) is 1. The molecule has 1 rings (SSSR count). The molecule has 1 fully saturated rings. The summed E-state index contributed by atoms with van der Waals surface area (Å²) in [5.74, 6) is 6.33. The Morgan fingerprint density at radius 2 is 2.00 bits per heavy atom. The zero-order valence-electron chi connectivity index (χ0n) is 9.84. The van der Waals surface area contributed by atoms with E-state index < -0.39 is 0 Å². The summed E-state index contributed by atoms with van der Waals surface area (Å²) < 4.78 is 5.82. The molecule has 0 aromatic rings. The molecule has 0 saturated heterocycles. The third kappa shape index (κ3) is 2.94. The van der Waals surface area contributed by atoms with Gasteiger partial charge in [0, 0.05) is 6.61 Å². The fourth-order valence-corrected chi connectivity index (χ4v) is 2.00. The number of ether oxygens (including phenoxy) is 1. The number of hydrogen-bond donors (Lipinski definition) is 2. The maximum Gasteiger partial charge on any atom is 0.0792 e. The van der Waals surface area contributed by atoms with Gasteiger partial charge in [0.15, 0.2) is 0 Å². The summed E-state index contributed by atoms with van der Waals surface area (Å²) in [6.45, 7) is 9.42. The first-order valence-electron chi connectivity index (χ1n) is 5.58. The first-order valence-corrected chi connectivity index (χ1v) is 5.58. The molecule has 1 aliphatic rings. The highest BCUT2D eigenvalue weighted by atomic mass is 16.5. The van der Waals surface area contributed by atoms with Crippen LogP contribution in [0.5, 0.6) is 0 Å². The highest BCUT2D eigenvalue weighted by Crippen LogP contribution is 2.38. The second-order valence-electron chi connectivity index (χ2n) is 5.27. The van der Waals surface area contributed by atoms with Crippen molar-refractivity contribution in [1.29, 1.82) is 0 Å². The van der Waals surface area contributed by atoms with Crippen molar-refractivity contribution in [2.75, 3.05) is 6.61 Å². The van der Waals surface area contributed by atoms with E-state index in [4.69, 9.17) is 10.6 Å². The summed E-state index contributed by atoms with van der Waals surface area (Å²) in [5, 5.41) is 0. The summed E-state index contributed by atoms with van der Waals surface area (Å²) in [6.07, 6.45) is 2.79. The molecule has 0 radical (unpaired) electrons. The van der Waals surface area contributed by atoms with Gasteiger partial charge in [0.1, 0.15) is 0 Å². The van der Waals surface area contributed by atoms with Gasteiger partial charge in [0.05, 0.1) is 12.1 Å². The highest BCUT2D eigenvalue weighted by Gasteiger charge is 2.41. The van der Waals surface area contributed by atoms with Crippen molar-refractivity contribution in [2.45, 2.75) is 52.7 Å². The average Bonchev–Trinajstić information content (AvgIpc) is 2.86. The molecule has 3 N–H and O–H groups in total. The number of hydrogen-bond acceptors (Lipinski definition) is 3. The molecule has 1 aliphatic carbocycles. The molecule has 0 amide bonds. The van der Waals surface area contributed by atoms with E-state index in [-0.39, 0.29) is 11.5 Å². The standard InChI is InChI=1S/C11H24N2O/c1-5-14-10(11(2,3)4)9(13-12)8-6-7-8/h8-10,13H,5-7,12H2,1-4H3. The van der Waals surface area contributed by atoms with Crippen LogP contribution < -0.4 is 11.3 Å². The normalized spacial score (nSPS) is 22.1. The Balaban J connectivity index is 2.63. The average molecular weight is 200 g/mol. The first kappa shape index (κ1) is 12.0. The van der Waals surface area contributed by atoms with Crippen molar-refractivity contribution in [3.8, 4) is 0 Å². The Hall–Kier alpha value is -0.120. The van der Waals surface area contributed by atoms with Crippen LogP contribution in [0.3, 0.4) is 0 Å². The van der Waals surface area contributed by atoms with E-state index >= 15 is 0 Å². The Morgan fingerprint density at radius 1 is 1.43 bits per heavy atom. The Kier molecular flexibility index (Phi) is 3.93. The zero-order chi connectivity index (χ0) is 10.8. The van der Waals surface area contributed by atoms with Gasteiger partial charge in [-0.25, -0.2) is 0 Å². The van der Waals surface area contributed by atoms with Crippen LogP contribution in [-0.4, -0.2) is 18.8 Å². The van der Waals surface area contributed by atoms with E-state index in [0.717, 1.165) is 12.5 Å². The third-order valence-corrected chi connectivity index (χ3v) is 2.85. The summed E-state index contributed by atoms with van der Waals surface area (Å²) in [4.78, 5) is 0. The lowest BCUT2D eigenvalue weighted by atomic mass is 9.83. The van der Waals surface area contributed by atoms with E-state index in [9.17, 15) is 0 Å². The van der Waals surface area contributed by atoms with Gasteiger partial charge in [0.2, 0.25) is 0 Å². The predicted molar refractivity (Wildman–Crippen MR) is 58.7 cm³/mol. The third-order valence-electron chi connectivity index (χ3n) is 2.85. The van der Waals surface area contributed by atoms with E-state index in [1.165, 1.54) is 12.8 Å². The molecule has 3 nitrogen and oxygen atoms in total. The molecular weight excluding hydrogens is 176 g/mol. The topological polar surface area (TPSA) is 47.3 Å². The van der Waals surface area contributed by atoms with Crippen LogP contribution in [0, 0.1) is 11.3 Å². The molecule has 0 bridgehead atoms. The summed E-state index contributed by atoms with van der Waals surface area (Å²) in [7, 11) is 0. The summed E-state index contributed by atoms with van der Waals surface area (Å²) in [6, 6.07) is 0.315. The smallest absolute Gasteiger partial charge is 0.0792 e. The molecule has 84 valence electrons. The molecule has 3 heteroatoms. The van der Waals surface area contributed by atoms with Gasteiger partial charge in [-0.2, -0.15) is 0 Å². The van der Waals surface area contributed by atoms with Gasteiger partial charge in [-0.05, 0) is 31.1 Å². The van der Waals surface area contributed by atoms with Crippen molar-refractivity contribution >= 4 is 0 Å². The van der Waals surface area contributed by atoms with E-state index in [1.807, 2.05) is 6.92 Å². The fourth-order valence-electron chi connectivity index (χ4n) is 2.00. The lowest BCUT2D eigenvalue weighted by Gasteiger charge is -2.36. The van der Waals surface area contributed by atoms with Crippen molar-refractivity contribution in [2.24, 2.45) is 17.2 Å². The lowest BCUT2D eigenvalue weighted by molar-refractivity contribution is -0.0405. The van der Waals surface area contributed by atoms with Crippen LogP contribution in [-0.2, 0) is 4.74 Å². The van der Waals surface area contributed by atoms with Gasteiger partial charge >= 0.3 is 0 Å². The van der Waals surface area contributed by atoms with Gasteiger partial charge in [-0.3, -0.25) is 11.3 Å². The molecule has 0 aliphatic heterocycles. The van der Waals surface area contributed by atoms with Crippen LogP contribution in [0.4, 0.5) is 0 Å². The van der Waals surface area contributed by atoms with Crippen LogP contribution in [0.15, 0.2) is 0 Å². The van der Waals surface area contributed by atoms with E-state index in [2.05, 4.69) is 26.2 Å². The van der Waals surface area contributed by atoms with Gasteiger partial charge < -0.3 is 4.74 Å². The minimum atomic E-state index is 0.148. The van der Waals surface area contributed by atoms with Crippen LogP contribution in [0.1, 0.15) is 40.5 Å². The van der Waals surface area contributed by atoms with Gasteiger partial charge in [-0.1, -0.05) is 20.8 Å². The van der Waals surface area contributed by atoms with Crippen molar-refractivity contribution < 1.29 is 4.74 Å². The zero-order valence-corrected chi connectivity index (χ0v) is 9.84. The molecular formula is C11H24N2O. The molecule has 0 spiro atoms. The summed E-state index contributed by atoms with van der Waals surface area (Å²) >= 11 is 0. The Labute approximate surface area is 87.4 Å². The second kappa shape index (κ2) is 4.60. The molecule has 1 saturated carbocycles. The van der Waals surface area contributed by atoms with Crippen LogP contribution in [0.25, 0.3) is 0 Å². The largest absolute Gasteiger partial charge is 0.376 e. The minimum absolute atomic E-state index is 0.148. The molecule has 2 atom stereocenters. The highest BCUT2D eigenvalue weighted by molar-refractivity contribution is 4.95. The van der Waals surface area contributed by atoms with Crippen LogP contribution in [0.2, 0.25) is 0 Å².